The Labute approximate surface area is 189 Å². The maximum atomic E-state index is 13.8. The molecule has 0 aliphatic heterocycles. The van der Waals surface area contributed by atoms with Crippen LogP contribution in [0, 0.1) is 12.7 Å². The van der Waals surface area contributed by atoms with Crippen molar-refractivity contribution in [2.45, 2.75) is 38.3 Å². The molecule has 6 nitrogen and oxygen atoms in total. The summed E-state index contributed by atoms with van der Waals surface area (Å²) in [5, 5.41) is 6.40. The second kappa shape index (κ2) is 11.5. The smallest absolute Gasteiger partial charge is 0.240 e. The first-order valence-electron chi connectivity index (χ1n) is 9.10. The van der Waals surface area contributed by atoms with Crippen LogP contribution >= 0.6 is 24.0 Å². The molecule has 3 N–H and O–H groups in total. The quantitative estimate of drug-likeness (QED) is 0.289. The zero-order valence-corrected chi connectivity index (χ0v) is 20.1. The number of aliphatic imine (C=N–C) groups is 1. The molecule has 0 spiro atoms. The summed E-state index contributed by atoms with van der Waals surface area (Å²) in [6.07, 6.45) is 0. The van der Waals surface area contributed by atoms with Gasteiger partial charge in [0.15, 0.2) is 5.96 Å². The molecular formula is C20H28FIN4O2S. The third-order valence-corrected chi connectivity index (χ3v) is 5.70. The summed E-state index contributed by atoms with van der Waals surface area (Å²) in [5.41, 5.74) is 2.19. The summed E-state index contributed by atoms with van der Waals surface area (Å²) < 4.78 is 40.0. The molecule has 0 saturated heterocycles. The van der Waals surface area contributed by atoms with Crippen LogP contribution in [0.3, 0.4) is 0 Å². The molecule has 2 rings (SSSR count). The van der Waals surface area contributed by atoms with Gasteiger partial charge in [-0.1, -0.05) is 24.3 Å². The van der Waals surface area contributed by atoms with Crippen molar-refractivity contribution in [2.24, 2.45) is 4.99 Å². The van der Waals surface area contributed by atoms with E-state index in [1.807, 2.05) is 26.0 Å². The Hall–Kier alpha value is -1.72. The molecule has 0 radical (unpaired) electrons. The van der Waals surface area contributed by atoms with Crippen molar-refractivity contribution in [2.75, 3.05) is 13.6 Å². The molecule has 0 aliphatic carbocycles. The molecule has 2 aromatic rings. The van der Waals surface area contributed by atoms with E-state index >= 15 is 0 Å². The van der Waals surface area contributed by atoms with E-state index in [0.29, 0.717) is 24.6 Å². The number of guanidine groups is 1. The largest absolute Gasteiger partial charge is 0.357 e. The molecule has 0 saturated carbocycles. The molecule has 0 aliphatic rings. The number of hydrogen-bond acceptors (Lipinski definition) is 3. The second-order valence-corrected chi connectivity index (χ2v) is 8.31. The van der Waals surface area contributed by atoms with Gasteiger partial charge in [0.25, 0.3) is 0 Å². The van der Waals surface area contributed by atoms with Crippen LogP contribution < -0.4 is 15.4 Å². The SMILES string of the molecule is CCNC(=NCc1cccc(S(=O)(=O)NC)c1)NC(C)c1ccc(C)c(F)c1.I. The molecule has 29 heavy (non-hydrogen) atoms. The molecule has 0 amide bonds. The first-order valence-corrected chi connectivity index (χ1v) is 10.6. The number of rotatable bonds is 7. The Kier molecular flexibility index (Phi) is 10.0. The number of sulfonamides is 1. The minimum absolute atomic E-state index is 0. The Morgan fingerprint density at radius 1 is 1.21 bits per heavy atom. The van der Waals surface area contributed by atoms with Gasteiger partial charge >= 0.3 is 0 Å². The van der Waals surface area contributed by atoms with Crippen LogP contribution in [0.15, 0.2) is 52.4 Å². The average molecular weight is 534 g/mol. The van der Waals surface area contributed by atoms with Gasteiger partial charge in [-0.3, -0.25) is 0 Å². The molecular weight excluding hydrogens is 506 g/mol. The number of nitrogens with one attached hydrogen (secondary N) is 3. The van der Waals surface area contributed by atoms with Crippen molar-refractivity contribution in [3.63, 3.8) is 0 Å². The number of benzene rings is 2. The van der Waals surface area contributed by atoms with Crippen molar-refractivity contribution in [1.29, 1.82) is 0 Å². The number of halogens is 2. The van der Waals surface area contributed by atoms with Gasteiger partial charge in [-0.2, -0.15) is 0 Å². The molecule has 0 bridgehead atoms. The van der Waals surface area contributed by atoms with Crippen LogP contribution in [-0.4, -0.2) is 28.0 Å². The van der Waals surface area contributed by atoms with Crippen molar-refractivity contribution in [1.82, 2.24) is 15.4 Å². The monoisotopic (exact) mass is 534 g/mol. The first kappa shape index (κ1) is 25.3. The van der Waals surface area contributed by atoms with Crippen LogP contribution in [0.5, 0.6) is 0 Å². The Morgan fingerprint density at radius 2 is 1.93 bits per heavy atom. The molecule has 2 aromatic carbocycles. The molecule has 0 fully saturated rings. The number of aryl methyl sites for hydroxylation is 1. The van der Waals surface area contributed by atoms with E-state index in [1.165, 1.54) is 19.2 Å². The minimum atomic E-state index is -3.50. The van der Waals surface area contributed by atoms with Crippen molar-refractivity contribution < 1.29 is 12.8 Å². The van der Waals surface area contributed by atoms with E-state index in [-0.39, 0.29) is 40.7 Å². The zero-order chi connectivity index (χ0) is 20.7. The summed E-state index contributed by atoms with van der Waals surface area (Å²) in [7, 11) is -2.12. The Balaban J connectivity index is 0.00000420. The molecule has 0 heterocycles. The fourth-order valence-corrected chi connectivity index (χ4v) is 3.39. The summed E-state index contributed by atoms with van der Waals surface area (Å²) in [4.78, 5) is 4.72. The van der Waals surface area contributed by atoms with Gasteiger partial charge in [-0.25, -0.2) is 22.5 Å². The van der Waals surface area contributed by atoms with Gasteiger partial charge in [0.1, 0.15) is 5.82 Å². The highest BCUT2D eigenvalue weighted by Crippen LogP contribution is 2.16. The Morgan fingerprint density at radius 3 is 2.55 bits per heavy atom. The van der Waals surface area contributed by atoms with E-state index < -0.39 is 10.0 Å². The molecule has 0 aromatic heterocycles. The lowest BCUT2D eigenvalue weighted by Gasteiger charge is -2.18. The van der Waals surface area contributed by atoms with E-state index in [1.54, 1.807) is 25.1 Å². The van der Waals surface area contributed by atoms with Crippen LogP contribution in [0.2, 0.25) is 0 Å². The van der Waals surface area contributed by atoms with Crippen LogP contribution in [-0.2, 0) is 16.6 Å². The third-order valence-electron chi connectivity index (χ3n) is 4.29. The maximum absolute atomic E-state index is 13.8. The summed E-state index contributed by atoms with van der Waals surface area (Å²) in [6.45, 7) is 6.57. The lowest BCUT2D eigenvalue weighted by atomic mass is 10.1. The van der Waals surface area contributed by atoms with Gasteiger partial charge in [-0.05, 0) is 62.7 Å². The van der Waals surface area contributed by atoms with Crippen molar-refractivity contribution in [3.05, 3.63) is 65.0 Å². The van der Waals surface area contributed by atoms with Gasteiger partial charge in [0.2, 0.25) is 10.0 Å². The standard InChI is InChI=1S/C20H27FN4O2S.HI/c1-5-23-20(25-15(3)17-10-9-14(2)19(21)12-17)24-13-16-7-6-8-18(11-16)28(26,27)22-4;/h6-12,15,22H,5,13H2,1-4H3,(H2,23,24,25);1H. The van der Waals surface area contributed by atoms with Gasteiger partial charge < -0.3 is 10.6 Å². The van der Waals surface area contributed by atoms with Crippen LogP contribution in [0.25, 0.3) is 0 Å². The summed E-state index contributed by atoms with van der Waals surface area (Å²) in [5.74, 6) is 0.327. The molecule has 160 valence electrons. The van der Waals surface area contributed by atoms with E-state index in [0.717, 1.165) is 11.1 Å². The average Bonchev–Trinajstić information content (AvgIpc) is 2.68. The van der Waals surface area contributed by atoms with Crippen LogP contribution in [0.4, 0.5) is 4.39 Å². The first-order chi connectivity index (χ1) is 13.3. The van der Waals surface area contributed by atoms with Gasteiger partial charge in [-0.15, -0.1) is 24.0 Å². The number of hydrogen-bond donors (Lipinski definition) is 3. The van der Waals surface area contributed by atoms with Crippen LogP contribution in [0.1, 0.15) is 36.6 Å². The molecule has 1 atom stereocenters. The second-order valence-electron chi connectivity index (χ2n) is 6.42. The highest BCUT2D eigenvalue weighted by Gasteiger charge is 2.12. The van der Waals surface area contributed by atoms with E-state index in [9.17, 15) is 12.8 Å². The Bertz CT molecular complexity index is 951. The van der Waals surface area contributed by atoms with E-state index in [2.05, 4.69) is 20.3 Å². The highest BCUT2D eigenvalue weighted by atomic mass is 127. The summed E-state index contributed by atoms with van der Waals surface area (Å²) >= 11 is 0. The van der Waals surface area contributed by atoms with Gasteiger partial charge in [0, 0.05) is 6.54 Å². The normalized spacial score (nSPS) is 12.8. The van der Waals surface area contributed by atoms with Crippen molar-refractivity contribution in [3.8, 4) is 0 Å². The van der Waals surface area contributed by atoms with Crippen molar-refractivity contribution >= 4 is 40.0 Å². The molecule has 9 heteroatoms. The highest BCUT2D eigenvalue weighted by molar-refractivity contribution is 14.0. The fourth-order valence-electron chi connectivity index (χ4n) is 2.59. The predicted molar refractivity (Wildman–Crippen MR) is 126 cm³/mol. The third kappa shape index (κ3) is 7.23. The maximum Gasteiger partial charge on any atom is 0.240 e. The fraction of sp³-hybridized carbons (Fsp3) is 0.350. The molecule has 1 unspecified atom stereocenters. The number of nitrogens with zero attached hydrogens (tertiary/aromatic N) is 1. The topological polar surface area (TPSA) is 82.6 Å². The zero-order valence-electron chi connectivity index (χ0n) is 17.0. The lowest BCUT2D eigenvalue weighted by Crippen LogP contribution is -2.38. The summed E-state index contributed by atoms with van der Waals surface area (Å²) in [6, 6.07) is 11.6. The lowest BCUT2D eigenvalue weighted by molar-refractivity contribution is 0.588. The predicted octanol–water partition coefficient (Wildman–Crippen LogP) is 3.48. The van der Waals surface area contributed by atoms with E-state index in [4.69, 9.17) is 0 Å². The van der Waals surface area contributed by atoms with Gasteiger partial charge in [0.05, 0.1) is 17.5 Å². The minimum Gasteiger partial charge on any atom is -0.357 e.